The van der Waals surface area contributed by atoms with Gasteiger partial charge in [-0.3, -0.25) is 0 Å². The van der Waals surface area contributed by atoms with Gasteiger partial charge in [0.05, 0.1) is 36.6 Å². The fourth-order valence-electron chi connectivity index (χ4n) is 2.15. The minimum atomic E-state index is -0.0473. The number of hydrogen-bond donors (Lipinski definition) is 2. The van der Waals surface area contributed by atoms with E-state index < -0.39 is 0 Å². The summed E-state index contributed by atoms with van der Waals surface area (Å²) >= 11 is 6.24. The second-order valence-corrected chi connectivity index (χ2v) is 4.46. The minimum Gasteiger partial charge on any atom is -0.394 e. The molecule has 0 aliphatic carbocycles. The molecule has 1 fully saturated rings. The second kappa shape index (κ2) is 5.69. The number of halogens is 1. The van der Waals surface area contributed by atoms with E-state index in [-0.39, 0.29) is 12.6 Å². The maximum atomic E-state index is 9.38. The molecule has 1 heterocycles. The summed E-state index contributed by atoms with van der Waals surface area (Å²) < 4.78 is 5.36. The highest BCUT2D eigenvalue weighted by Gasteiger charge is 2.25. The number of ether oxygens (including phenoxy) is 1. The highest BCUT2D eigenvalue weighted by atomic mass is 35.5. The normalized spacial score (nSPS) is 20.6. The number of aliphatic hydroxyl groups excluding tert-OH is 1. The third-order valence-electron chi connectivity index (χ3n) is 3.02. The van der Waals surface area contributed by atoms with Crippen LogP contribution in [0.15, 0.2) is 18.2 Å². The van der Waals surface area contributed by atoms with Crippen molar-refractivity contribution in [3.05, 3.63) is 28.8 Å². The van der Waals surface area contributed by atoms with Gasteiger partial charge < -0.3 is 20.5 Å². The Kier molecular flexibility index (Phi) is 4.23. The molecule has 17 heavy (non-hydrogen) atoms. The van der Waals surface area contributed by atoms with E-state index in [2.05, 4.69) is 4.90 Å². The molecule has 5 heteroatoms. The van der Waals surface area contributed by atoms with Gasteiger partial charge in [-0.25, -0.2) is 0 Å². The standard InChI is InChI=1S/C12H17ClN2O2/c13-11-3-1-2-9(6-14)12(11)15-4-5-17-8-10(15)7-16/h1-3,10,16H,4-8,14H2. The highest BCUT2D eigenvalue weighted by Crippen LogP contribution is 2.32. The van der Waals surface area contributed by atoms with Crippen LogP contribution in [0, 0.1) is 0 Å². The van der Waals surface area contributed by atoms with Crippen LogP contribution >= 0.6 is 11.6 Å². The number of benzene rings is 1. The van der Waals surface area contributed by atoms with Crippen molar-refractivity contribution in [2.75, 3.05) is 31.3 Å². The van der Waals surface area contributed by atoms with Gasteiger partial charge in [0.2, 0.25) is 0 Å². The van der Waals surface area contributed by atoms with Gasteiger partial charge >= 0.3 is 0 Å². The molecule has 1 unspecified atom stereocenters. The van der Waals surface area contributed by atoms with E-state index in [1.54, 1.807) is 0 Å². The summed E-state index contributed by atoms with van der Waals surface area (Å²) in [5, 5.41) is 10.1. The largest absolute Gasteiger partial charge is 0.394 e. The van der Waals surface area contributed by atoms with Gasteiger partial charge in [0.15, 0.2) is 0 Å². The fourth-order valence-corrected chi connectivity index (χ4v) is 2.45. The molecule has 4 nitrogen and oxygen atoms in total. The molecule has 3 N–H and O–H groups in total. The molecule has 2 rings (SSSR count). The first kappa shape index (κ1) is 12.6. The van der Waals surface area contributed by atoms with E-state index in [1.165, 1.54) is 0 Å². The average Bonchev–Trinajstić information content (AvgIpc) is 2.38. The van der Waals surface area contributed by atoms with Gasteiger partial charge in [-0.1, -0.05) is 23.7 Å². The minimum absolute atomic E-state index is 0.0473. The molecular formula is C12H17ClN2O2. The summed E-state index contributed by atoms with van der Waals surface area (Å²) in [7, 11) is 0. The first-order chi connectivity index (χ1) is 8.27. The predicted molar refractivity (Wildman–Crippen MR) is 68.4 cm³/mol. The quantitative estimate of drug-likeness (QED) is 0.847. The molecule has 0 bridgehead atoms. The van der Waals surface area contributed by atoms with E-state index in [0.29, 0.717) is 24.8 Å². The summed E-state index contributed by atoms with van der Waals surface area (Å²) in [4.78, 5) is 2.09. The monoisotopic (exact) mass is 256 g/mol. The summed E-state index contributed by atoms with van der Waals surface area (Å²) in [6, 6.07) is 5.65. The molecule has 1 atom stereocenters. The lowest BCUT2D eigenvalue weighted by atomic mass is 10.1. The van der Waals surface area contributed by atoms with Gasteiger partial charge in [-0.05, 0) is 11.6 Å². The van der Waals surface area contributed by atoms with Crippen LogP contribution in [0.1, 0.15) is 5.56 Å². The van der Waals surface area contributed by atoms with Gasteiger partial charge in [-0.2, -0.15) is 0 Å². The molecule has 94 valence electrons. The number of rotatable bonds is 3. The highest BCUT2D eigenvalue weighted by molar-refractivity contribution is 6.33. The Balaban J connectivity index is 2.36. The molecule has 1 saturated heterocycles. The molecular weight excluding hydrogens is 240 g/mol. The lowest BCUT2D eigenvalue weighted by Gasteiger charge is -2.37. The third kappa shape index (κ3) is 2.55. The Hall–Kier alpha value is -0.810. The van der Waals surface area contributed by atoms with Crippen LogP contribution in [0.4, 0.5) is 5.69 Å². The Morgan fingerprint density at radius 1 is 1.53 bits per heavy atom. The topological polar surface area (TPSA) is 58.7 Å². The molecule has 1 aromatic rings. The van der Waals surface area contributed by atoms with E-state index in [1.807, 2.05) is 18.2 Å². The molecule has 0 saturated carbocycles. The number of anilines is 1. The van der Waals surface area contributed by atoms with E-state index in [9.17, 15) is 5.11 Å². The van der Waals surface area contributed by atoms with Crippen LogP contribution in [-0.2, 0) is 11.3 Å². The first-order valence-corrected chi connectivity index (χ1v) is 6.08. The lowest BCUT2D eigenvalue weighted by Crippen LogP contribution is -2.48. The van der Waals surface area contributed by atoms with Crippen molar-refractivity contribution in [3.63, 3.8) is 0 Å². The van der Waals surface area contributed by atoms with Crippen molar-refractivity contribution < 1.29 is 9.84 Å². The zero-order chi connectivity index (χ0) is 12.3. The second-order valence-electron chi connectivity index (χ2n) is 4.06. The predicted octanol–water partition coefficient (Wildman–Crippen LogP) is 0.996. The molecule has 0 amide bonds. The number of nitrogens with zero attached hydrogens (tertiary/aromatic N) is 1. The fraction of sp³-hybridized carbons (Fsp3) is 0.500. The van der Waals surface area contributed by atoms with Gasteiger partial charge in [0.1, 0.15) is 0 Å². The summed E-state index contributed by atoms with van der Waals surface area (Å²) in [5.41, 5.74) is 7.66. The molecule has 1 aliphatic heterocycles. The first-order valence-electron chi connectivity index (χ1n) is 5.70. The van der Waals surface area contributed by atoms with Crippen molar-refractivity contribution in [1.82, 2.24) is 0 Å². The van der Waals surface area contributed by atoms with Crippen molar-refractivity contribution in [2.45, 2.75) is 12.6 Å². The van der Waals surface area contributed by atoms with Crippen LogP contribution in [-0.4, -0.2) is 37.5 Å². The zero-order valence-electron chi connectivity index (χ0n) is 9.60. The Labute approximate surface area is 106 Å². The van der Waals surface area contributed by atoms with Gasteiger partial charge in [-0.15, -0.1) is 0 Å². The molecule has 0 radical (unpaired) electrons. The van der Waals surface area contributed by atoms with Crippen LogP contribution < -0.4 is 10.6 Å². The maximum Gasteiger partial charge on any atom is 0.0756 e. The maximum absolute atomic E-state index is 9.38. The van der Waals surface area contributed by atoms with E-state index >= 15 is 0 Å². The average molecular weight is 257 g/mol. The van der Waals surface area contributed by atoms with Crippen molar-refractivity contribution in [2.24, 2.45) is 5.73 Å². The SMILES string of the molecule is NCc1cccc(Cl)c1N1CCOCC1CO. The van der Waals surface area contributed by atoms with Crippen molar-refractivity contribution in [3.8, 4) is 0 Å². The Morgan fingerprint density at radius 3 is 3.06 bits per heavy atom. The molecule has 0 spiro atoms. The number of hydrogen-bond acceptors (Lipinski definition) is 4. The lowest BCUT2D eigenvalue weighted by molar-refractivity contribution is 0.0726. The smallest absolute Gasteiger partial charge is 0.0756 e. The van der Waals surface area contributed by atoms with Crippen LogP contribution in [0.2, 0.25) is 5.02 Å². The number of aliphatic hydroxyl groups is 1. The van der Waals surface area contributed by atoms with E-state index in [0.717, 1.165) is 17.8 Å². The molecule has 1 aromatic carbocycles. The van der Waals surface area contributed by atoms with Crippen LogP contribution in [0.25, 0.3) is 0 Å². The zero-order valence-corrected chi connectivity index (χ0v) is 10.4. The van der Waals surface area contributed by atoms with Crippen LogP contribution in [0.5, 0.6) is 0 Å². The Bertz CT molecular complexity index is 387. The van der Waals surface area contributed by atoms with Crippen LogP contribution in [0.3, 0.4) is 0 Å². The summed E-state index contributed by atoms with van der Waals surface area (Å²) in [6.45, 7) is 2.38. The third-order valence-corrected chi connectivity index (χ3v) is 3.32. The molecule has 0 aromatic heterocycles. The summed E-state index contributed by atoms with van der Waals surface area (Å²) in [5.74, 6) is 0. The number of morpholine rings is 1. The van der Waals surface area contributed by atoms with Crippen molar-refractivity contribution in [1.29, 1.82) is 0 Å². The van der Waals surface area contributed by atoms with Gasteiger partial charge in [0, 0.05) is 13.1 Å². The molecule has 1 aliphatic rings. The summed E-state index contributed by atoms with van der Waals surface area (Å²) in [6.07, 6.45) is 0. The van der Waals surface area contributed by atoms with Gasteiger partial charge in [0.25, 0.3) is 0 Å². The number of para-hydroxylation sites is 1. The Morgan fingerprint density at radius 2 is 2.35 bits per heavy atom. The number of nitrogens with two attached hydrogens (primary N) is 1. The van der Waals surface area contributed by atoms with Crippen molar-refractivity contribution >= 4 is 17.3 Å². The van der Waals surface area contributed by atoms with E-state index in [4.69, 9.17) is 22.1 Å².